The van der Waals surface area contributed by atoms with Crippen molar-refractivity contribution in [2.75, 3.05) is 0 Å². The number of imidazole rings is 1. The minimum Gasteiger partial charge on any atom is -0.306 e. The molecule has 0 saturated heterocycles. The summed E-state index contributed by atoms with van der Waals surface area (Å²) >= 11 is 1.58. The molecule has 0 spiro atoms. The van der Waals surface area contributed by atoms with Crippen molar-refractivity contribution in [1.82, 2.24) is 24.9 Å². The molecule has 1 amide bonds. The van der Waals surface area contributed by atoms with Gasteiger partial charge in [-0.3, -0.25) is 4.79 Å². The number of hydrogen-bond donors (Lipinski definition) is 1. The number of amides is 1. The van der Waals surface area contributed by atoms with E-state index in [9.17, 15) is 4.79 Å². The first-order valence-corrected chi connectivity index (χ1v) is 11.4. The molecule has 166 valence electrons. The molecule has 0 aliphatic carbocycles. The molecule has 0 radical (unpaired) electrons. The Hall–Kier alpha value is -3.78. The van der Waals surface area contributed by atoms with E-state index in [1.54, 1.807) is 36.4 Å². The van der Waals surface area contributed by atoms with Gasteiger partial charge < -0.3 is 4.57 Å². The Labute approximate surface area is 197 Å². The summed E-state index contributed by atoms with van der Waals surface area (Å²) in [6.45, 7) is 5.79. The standard InChI is InChI=1S/C25H24N6OS/c1-17-14-18(2)28-25(27-17)33-15-20-4-6-22(7-5-20)24(32)30-29-19(3)21-8-10-23(11-9-21)31-13-12-26-16-31/h4-14,16H,15H2,1-3H3,(H,30,32)/b29-19+. The molecular formula is C25H24N6OS. The summed E-state index contributed by atoms with van der Waals surface area (Å²) in [6, 6.07) is 17.3. The van der Waals surface area contributed by atoms with E-state index < -0.39 is 0 Å². The van der Waals surface area contributed by atoms with Crippen molar-refractivity contribution < 1.29 is 4.79 Å². The number of rotatable bonds is 7. The first-order valence-electron chi connectivity index (χ1n) is 10.5. The van der Waals surface area contributed by atoms with Gasteiger partial charge in [-0.25, -0.2) is 20.4 Å². The third kappa shape index (κ3) is 5.93. The molecule has 1 N–H and O–H groups in total. The zero-order valence-electron chi connectivity index (χ0n) is 18.7. The second-order valence-corrected chi connectivity index (χ2v) is 8.52. The molecule has 2 aromatic heterocycles. The van der Waals surface area contributed by atoms with Gasteiger partial charge in [-0.2, -0.15) is 5.10 Å². The first-order chi connectivity index (χ1) is 16.0. The maximum absolute atomic E-state index is 12.5. The summed E-state index contributed by atoms with van der Waals surface area (Å²) < 4.78 is 1.93. The molecule has 2 heterocycles. The van der Waals surface area contributed by atoms with Crippen LogP contribution in [0.4, 0.5) is 0 Å². The third-order valence-electron chi connectivity index (χ3n) is 4.96. The van der Waals surface area contributed by atoms with Gasteiger partial charge in [0.05, 0.1) is 12.0 Å². The monoisotopic (exact) mass is 456 g/mol. The lowest BCUT2D eigenvalue weighted by Gasteiger charge is -2.06. The summed E-state index contributed by atoms with van der Waals surface area (Å²) in [5, 5.41) is 5.02. The van der Waals surface area contributed by atoms with Crippen LogP contribution in [0.3, 0.4) is 0 Å². The smallest absolute Gasteiger partial charge is 0.271 e. The van der Waals surface area contributed by atoms with Crippen molar-refractivity contribution >= 4 is 23.4 Å². The van der Waals surface area contributed by atoms with Crippen molar-refractivity contribution in [2.45, 2.75) is 31.7 Å². The molecule has 0 fully saturated rings. The van der Waals surface area contributed by atoms with E-state index in [0.29, 0.717) is 5.56 Å². The maximum Gasteiger partial charge on any atom is 0.271 e. The highest BCUT2D eigenvalue weighted by Crippen LogP contribution is 2.20. The minimum absolute atomic E-state index is 0.249. The topological polar surface area (TPSA) is 85.1 Å². The Kier molecular flexibility index (Phi) is 6.95. The van der Waals surface area contributed by atoms with Crippen molar-refractivity contribution in [3.05, 3.63) is 101 Å². The van der Waals surface area contributed by atoms with Crippen LogP contribution in [-0.4, -0.2) is 31.1 Å². The highest BCUT2D eigenvalue weighted by Gasteiger charge is 2.07. The zero-order valence-corrected chi connectivity index (χ0v) is 19.5. The fraction of sp³-hybridized carbons (Fsp3) is 0.160. The number of aryl methyl sites for hydroxylation is 2. The van der Waals surface area contributed by atoms with Crippen LogP contribution in [0.5, 0.6) is 0 Å². The zero-order chi connectivity index (χ0) is 23.2. The number of nitrogens with zero attached hydrogens (tertiary/aromatic N) is 5. The first kappa shape index (κ1) is 22.4. The molecule has 33 heavy (non-hydrogen) atoms. The highest BCUT2D eigenvalue weighted by atomic mass is 32.2. The summed E-state index contributed by atoms with van der Waals surface area (Å²) in [5.74, 6) is 0.484. The van der Waals surface area contributed by atoms with E-state index in [1.165, 1.54) is 0 Å². The molecule has 0 unspecified atom stereocenters. The van der Waals surface area contributed by atoms with Gasteiger partial charge >= 0.3 is 0 Å². The van der Waals surface area contributed by atoms with Crippen LogP contribution in [-0.2, 0) is 5.75 Å². The third-order valence-corrected chi connectivity index (χ3v) is 5.88. The average Bonchev–Trinajstić information content (AvgIpc) is 3.36. The Morgan fingerprint density at radius 1 is 1.00 bits per heavy atom. The van der Waals surface area contributed by atoms with Gasteiger partial charge in [0.15, 0.2) is 5.16 Å². The second kappa shape index (κ2) is 10.2. The lowest BCUT2D eigenvalue weighted by Crippen LogP contribution is -2.19. The van der Waals surface area contributed by atoms with E-state index in [-0.39, 0.29) is 5.91 Å². The van der Waals surface area contributed by atoms with Gasteiger partial charge in [-0.05, 0) is 62.2 Å². The van der Waals surface area contributed by atoms with Crippen LogP contribution in [0.2, 0.25) is 0 Å². The molecule has 4 rings (SSSR count). The van der Waals surface area contributed by atoms with Crippen molar-refractivity contribution in [3.63, 3.8) is 0 Å². The normalized spacial score (nSPS) is 11.4. The quantitative estimate of drug-likeness (QED) is 0.188. The van der Waals surface area contributed by atoms with Crippen molar-refractivity contribution in [2.24, 2.45) is 5.10 Å². The van der Waals surface area contributed by atoms with Gasteiger partial charge in [0.25, 0.3) is 5.91 Å². The Morgan fingerprint density at radius 3 is 2.30 bits per heavy atom. The average molecular weight is 457 g/mol. The number of hydrogen-bond acceptors (Lipinski definition) is 6. The van der Waals surface area contributed by atoms with Crippen LogP contribution in [0.1, 0.15) is 39.8 Å². The predicted octanol–water partition coefficient (Wildman–Crippen LogP) is 4.73. The van der Waals surface area contributed by atoms with E-state index in [4.69, 9.17) is 0 Å². The van der Waals surface area contributed by atoms with Gasteiger partial charge in [-0.1, -0.05) is 36.0 Å². The number of carbonyl (C=O) groups is 1. The molecule has 0 aliphatic rings. The second-order valence-electron chi connectivity index (χ2n) is 7.57. The highest BCUT2D eigenvalue weighted by molar-refractivity contribution is 7.98. The molecule has 0 bridgehead atoms. The number of thioether (sulfide) groups is 1. The van der Waals surface area contributed by atoms with Gasteiger partial charge in [0.1, 0.15) is 0 Å². The molecule has 4 aromatic rings. The number of aromatic nitrogens is 4. The van der Waals surface area contributed by atoms with Crippen LogP contribution in [0, 0.1) is 13.8 Å². The number of benzene rings is 2. The lowest BCUT2D eigenvalue weighted by molar-refractivity contribution is 0.0955. The van der Waals surface area contributed by atoms with Crippen LogP contribution < -0.4 is 5.43 Å². The Balaban J connectivity index is 1.33. The maximum atomic E-state index is 12.5. The summed E-state index contributed by atoms with van der Waals surface area (Å²) in [6.07, 6.45) is 5.37. The van der Waals surface area contributed by atoms with Crippen LogP contribution >= 0.6 is 11.8 Å². The Morgan fingerprint density at radius 2 is 1.67 bits per heavy atom. The van der Waals surface area contributed by atoms with E-state index >= 15 is 0 Å². The van der Waals surface area contributed by atoms with Crippen LogP contribution in [0.25, 0.3) is 5.69 Å². The van der Waals surface area contributed by atoms with Gasteiger partial charge in [-0.15, -0.1) is 0 Å². The van der Waals surface area contributed by atoms with E-state index in [0.717, 1.165) is 44.8 Å². The fourth-order valence-corrected chi connectivity index (χ4v) is 4.11. The molecule has 0 aliphatic heterocycles. The fourth-order valence-electron chi connectivity index (χ4n) is 3.21. The lowest BCUT2D eigenvalue weighted by atomic mass is 10.1. The molecule has 7 nitrogen and oxygen atoms in total. The Bertz CT molecular complexity index is 1250. The number of nitrogens with one attached hydrogen (secondary N) is 1. The van der Waals surface area contributed by atoms with Gasteiger partial charge in [0.2, 0.25) is 0 Å². The summed E-state index contributed by atoms with van der Waals surface area (Å²) in [4.78, 5) is 25.5. The van der Waals surface area contributed by atoms with Gasteiger partial charge in [0, 0.05) is 40.8 Å². The van der Waals surface area contributed by atoms with Crippen molar-refractivity contribution in [1.29, 1.82) is 0 Å². The molecule has 0 atom stereocenters. The summed E-state index contributed by atoms with van der Waals surface area (Å²) in [7, 11) is 0. The van der Waals surface area contributed by atoms with E-state index in [1.807, 2.05) is 74.0 Å². The molecular weight excluding hydrogens is 432 g/mol. The van der Waals surface area contributed by atoms with E-state index in [2.05, 4.69) is 25.5 Å². The van der Waals surface area contributed by atoms with Crippen molar-refractivity contribution in [3.8, 4) is 5.69 Å². The van der Waals surface area contributed by atoms with Crippen LogP contribution in [0.15, 0.2) is 83.6 Å². The minimum atomic E-state index is -0.249. The SMILES string of the molecule is C/C(=N\NC(=O)c1ccc(CSc2nc(C)cc(C)n2)cc1)c1ccc(-n2ccnc2)cc1. The number of carbonyl (C=O) groups excluding carboxylic acids is 1. The molecule has 8 heteroatoms. The number of hydrazone groups is 1. The molecule has 0 saturated carbocycles. The predicted molar refractivity (Wildman–Crippen MR) is 131 cm³/mol. The summed E-state index contributed by atoms with van der Waals surface area (Å²) in [5.41, 5.74) is 8.87. The largest absolute Gasteiger partial charge is 0.306 e. The molecule has 2 aromatic carbocycles.